The maximum atomic E-state index is 13.5. The molecule has 5 heterocycles. The van der Waals surface area contributed by atoms with E-state index < -0.39 is 21.3 Å². The number of fused-ring (bicyclic) bond motifs is 1. The van der Waals surface area contributed by atoms with Gasteiger partial charge >= 0.3 is 15.4 Å². The molecule has 42 heavy (non-hydrogen) atoms. The number of nitrogens with zero attached hydrogens (tertiary/aromatic N) is 3. The van der Waals surface area contributed by atoms with E-state index in [9.17, 15) is 13.9 Å². The SMILES string of the molecule is COc1cc2cc(C(=O)CCc3nc(-c4ccncc4)oc3C)ccc2nc1C(OP1(=O)OCCO1)P1(=O)OCCO1. The Hall–Kier alpha value is -3.28. The smallest absolute Gasteiger partial charge is 0.476 e. The molecule has 0 saturated carbocycles. The fourth-order valence-corrected chi connectivity index (χ4v) is 8.05. The summed E-state index contributed by atoms with van der Waals surface area (Å²) in [6, 6.07) is 10.2. The van der Waals surface area contributed by atoms with E-state index in [0.29, 0.717) is 40.2 Å². The lowest BCUT2D eigenvalue weighted by molar-refractivity contribution is 0.0982. The highest BCUT2D eigenvalue weighted by Gasteiger charge is 2.50. The Labute approximate surface area is 240 Å². The Morgan fingerprint density at radius 1 is 0.976 bits per heavy atom. The average Bonchev–Trinajstić information content (AvgIpc) is 3.74. The van der Waals surface area contributed by atoms with E-state index in [1.54, 1.807) is 48.8 Å². The van der Waals surface area contributed by atoms with Crippen LogP contribution in [0.5, 0.6) is 5.75 Å². The van der Waals surface area contributed by atoms with Gasteiger partial charge in [0.15, 0.2) is 5.78 Å². The number of hydrogen-bond acceptors (Lipinski definition) is 13. The number of pyridine rings is 2. The number of aryl methyl sites for hydroxylation is 2. The first-order valence-corrected chi connectivity index (χ1v) is 16.2. The molecule has 0 N–H and O–H groups in total. The van der Waals surface area contributed by atoms with Crippen LogP contribution in [0.15, 0.2) is 53.2 Å². The van der Waals surface area contributed by atoms with Crippen molar-refractivity contribution in [2.24, 2.45) is 0 Å². The third kappa shape index (κ3) is 5.82. The Bertz CT molecular complexity index is 1710. The second kappa shape index (κ2) is 11.8. The van der Waals surface area contributed by atoms with Crippen LogP contribution in [0, 0.1) is 6.92 Å². The van der Waals surface area contributed by atoms with E-state index in [4.69, 9.17) is 31.8 Å². The molecule has 4 aromatic rings. The zero-order valence-electron chi connectivity index (χ0n) is 22.8. The number of rotatable bonds is 10. The monoisotopic (exact) mass is 615 g/mol. The van der Waals surface area contributed by atoms with E-state index in [1.807, 2.05) is 6.92 Å². The molecule has 2 fully saturated rings. The van der Waals surface area contributed by atoms with Crippen molar-refractivity contribution in [3.05, 3.63) is 71.5 Å². The third-order valence-corrected chi connectivity index (χ3v) is 10.4. The molecule has 0 aliphatic carbocycles. The largest absolute Gasteiger partial charge is 0.495 e. The molecule has 15 heteroatoms. The van der Waals surface area contributed by atoms with Gasteiger partial charge in [0.2, 0.25) is 11.7 Å². The van der Waals surface area contributed by atoms with Gasteiger partial charge in [-0.1, -0.05) is 0 Å². The summed E-state index contributed by atoms with van der Waals surface area (Å²) < 4.78 is 64.5. The molecule has 0 radical (unpaired) electrons. The number of aromatic nitrogens is 3. The molecule has 2 saturated heterocycles. The fraction of sp³-hybridized carbons (Fsp3) is 0.333. The molecule has 0 spiro atoms. The lowest BCUT2D eigenvalue weighted by Crippen LogP contribution is -2.10. The van der Waals surface area contributed by atoms with Gasteiger partial charge in [0.25, 0.3) is 0 Å². The van der Waals surface area contributed by atoms with Crippen LogP contribution in [-0.4, -0.2) is 54.3 Å². The number of methoxy groups -OCH3 is 1. The number of hydrogen-bond donors (Lipinski definition) is 0. The van der Waals surface area contributed by atoms with Gasteiger partial charge < -0.3 is 18.2 Å². The number of phosphoric acid groups is 1. The third-order valence-electron chi connectivity index (χ3n) is 6.72. The Morgan fingerprint density at radius 3 is 2.40 bits per heavy atom. The number of phosphoric ester groups is 1. The van der Waals surface area contributed by atoms with Crippen molar-refractivity contribution < 1.29 is 45.7 Å². The van der Waals surface area contributed by atoms with Crippen molar-refractivity contribution in [1.82, 2.24) is 15.0 Å². The van der Waals surface area contributed by atoms with Crippen LogP contribution in [0.25, 0.3) is 22.4 Å². The quantitative estimate of drug-likeness (QED) is 0.155. The topological polar surface area (TPSA) is 158 Å². The minimum Gasteiger partial charge on any atom is -0.495 e. The minimum atomic E-state index is -4.04. The van der Waals surface area contributed by atoms with Gasteiger partial charge in [-0.05, 0) is 43.3 Å². The van der Waals surface area contributed by atoms with Gasteiger partial charge in [0, 0.05) is 41.7 Å². The van der Waals surface area contributed by atoms with Crippen LogP contribution in [0.1, 0.15) is 39.8 Å². The molecule has 6 rings (SSSR count). The molecule has 2 aliphatic heterocycles. The Kier molecular flexibility index (Phi) is 8.08. The standard InChI is InChI=1S/C27H27N3O10P2/c1-17-21(30-26(39-17)18-7-9-28-10-8-18)5-6-23(31)19-3-4-22-20(15-19)16-24(34-2)25(29-22)27(41(32)35-11-12-36-41)40-42(33)37-13-14-38-42/h3-4,7-10,15-16,27H,5-6,11-14H2,1-2H3. The first-order valence-electron chi connectivity index (χ1n) is 13.1. The number of ketones is 1. The molecule has 3 aromatic heterocycles. The van der Waals surface area contributed by atoms with E-state index in [0.717, 1.165) is 5.56 Å². The normalized spacial score (nSPS) is 18.3. The maximum absolute atomic E-state index is 13.5. The first-order chi connectivity index (χ1) is 20.3. The maximum Gasteiger partial charge on any atom is 0.476 e. The van der Waals surface area contributed by atoms with Gasteiger partial charge in [0.1, 0.15) is 17.2 Å². The number of Topliss-reactive ketones (excluding diaryl/α,β-unsaturated/α-hetero) is 1. The molecule has 0 bridgehead atoms. The molecular formula is C27H27N3O10P2. The van der Waals surface area contributed by atoms with Crippen LogP contribution in [-0.2, 0) is 38.2 Å². The summed E-state index contributed by atoms with van der Waals surface area (Å²) in [6.45, 7) is 2.04. The minimum absolute atomic E-state index is 0.0372. The summed E-state index contributed by atoms with van der Waals surface area (Å²) in [5, 5.41) is 0.587. The van der Waals surface area contributed by atoms with Gasteiger partial charge in [-0.25, -0.2) is 14.5 Å². The van der Waals surface area contributed by atoms with Crippen molar-refractivity contribution in [3.8, 4) is 17.2 Å². The Balaban J connectivity index is 1.25. The Morgan fingerprint density at radius 2 is 1.69 bits per heavy atom. The summed E-state index contributed by atoms with van der Waals surface area (Å²) in [6.07, 6.45) is 3.93. The van der Waals surface area contributed by atoms with E-state index in [1.165, 1.54) is 7.11 Å². The summed E-state index contributed by atoms with van der Waals surface area (Å²) in [5.41, 5.74) is 2.46. The number of benzene rings is 1. The molecule has 1 unspecified atom stereocenters. The number of ether oxygens (including phenoxy) is 1. The number of oxazole rings is 1. The van der Waals surface area contributed by atoms with Crippen LogP contribution < -0.4 is 4.74 Å². The summed E-state index contributed by atoms with van der Waals surface area (Å²) >= 11 is 0. The predicted octanol–water partition coefficient (Wildman–Crippen LogP) is 5.83. The molecular weight excluding hydrogens is 588 g/mol. The van der Waals surface area contributed by atoms with Crippen LogP contribution in [0.4, 0.5) is 0 Å². The molecule has 220 valence electrons. The van der Waals surface area contributed by atoms with Crippen molar-refractivity contribution in [3.63, 3.8) is 0 Å². The van der Waals surface area contributed by atoms with Crippen molar-refractivity contribution in [2.45, 2.75) is 25.6 Å². The van der Waals surface area contributed by atoms with Crippen LogP contribution in [0.2, 0.25) is 0 Å². The highest BCUT2D eigenvalue weighted by atomic mass is 31.2. The van der Waals surface area contributed by atoms with Crippen LogP contribution in [0.3, 0.4) is 0 Å². The summed E-state index contributed by atoms with van der Waals surface area (Å²) in [5.74, 6) is -0.339. The molecule has 1 aromatic carbocycles. The second-order valence-corrected chi connectivity index (χ2v) is 13.1. The number of carbonyl (C=O) groups is 1. The highest BCUT2D eigenvalue weighted by molar-refractivity contribution is 7.55. The summed E-state index contributed by atoms with van der Waals surface area (Å²) in [4.78, 5) is 26.3. The molecule has 1 atom stereocenters. The summed E-state index contributed by atoms with van der Waals surface area (Å²) in [7, 11) is -6.61. The van der Waals surface area contributed by atoms with Crippen molar-refractivity contribution >= 4 is 32.1 Å². The molecule has 0 amide bonds. The van der Waals surface area contributed by atoms with Crippen molar-refractivity contribution in [2.75, 3.05) is 33.5 Å². The zero-order chi connectivity index (χ0) is 29.3. The van der Waals surface area contributed by atoms with Gasteiger partial charge in [-0.2, -0.15) is 0 Å². The number of carbonyl (C=O) groups excluding carboxylic acids is 1. The molecule has 13 nitrogen and oxygen atoms in total. The van der Waals surface area contributed by atoms with E-state index in [2.05, 4.69) is 15.0 Å². The second-order valence-electron chi connectivity index (χ2n) is 9.44. The lowest BCUT2D eigenvalue weighted by Gasteiger charge is -2.24. The van der Waals surface area contributed by atoms with Gasteiger partial charge in [-0.15, -0.1) is 0 Å². The lowest BCUT2D eigenvalue weighted by atomic mass is 10.0. The predicted molar refractivity (Wildman–Crippen MR) is 148 cm³/mol. The van der Waals surface area contributed by atoms with Crippen molar-refractivity contribution in [1.29, 1.82) is 0 Å². The average molecular weight is 615 g/mol. The first kappa shape index (κ1) is 28.8. The zero-order valence-corrected chi connectivity index (χ0v) is 24.5. The van der Waals surface area contributed by atoms with Gasteiger partial charge in [0.05, 0.1) is 44.7 Å². The van der Waals surface area contributed by atoms with E-state index >= 15 is 0 Å². The van der Waals surface area contributed by atoms with E-state index in [-0.39, 0.29) is 50.1 Å². The highest BCUT2D eigenvalue weighted by Crippen LogP contribution is 2.70. The van der Waals surface area contributed by atoms with Gasteiger partial charge in [-0.3, -0.25) is 27.9 Å². The van der Waals surface area contributed by atoms with Crippen LogP contribution >= 0.6 is 15.4 Å². The molecule has 2 aliphatic rings. The fourth-order valence-electron chi connectivity index (χ4n) is 4.62.